The van der Waals surface area contributed by atoms with Crippen molar-refractivity contribution in [2.24, 2.45) is 0 Å². The highest BCUT2D eigenvalue weighted by molar-refractivity contribution is 5.90. The fourth-order valence-electron chi connectivity index (χ4n) is 3.24. The van der Waals surface area contributed by atoms with Crippen LogP contribution in [0, 0.1) is 0 Å². The van der Waals surface area contributed by atoms with Crippen molar-refractivity contribution >= 4 is 28.1 Å². The Morgan fingerprint density at radius 2 is 2.03 bits per heavy atom. The van der Waals surface area contributed by atoms with Gasteiger partial charge >= 0.3 is 0 Å². The number of nitrogens with zero attached hydrogens (tertiary/aromatic N) is 6. The highest BCUT2D eigenvalue weighted by Gasteiger charge is 2.26. The molecule has 3 aromatic heterocycles. The summed E-state index contributed by atoms with van der Waals surface area (Å²) in [5.41, 5.74) is 0.235. The number of aromatic nitrogens is 6. The van der Waals surface area contributed by atoms with Crippen LogP contribution >= 0.6 is 0 Å². The van der Waals surface area contributed by atoms with Crippen LogP contribution < -0.4 is 10.9 Å². The molecule has 1 amide bonds. The van der Waals surface area contributed by atoms with Crippen LogP contribution in [0.5, 0.6) is 0 Å². The molecular formula is C20H19F2N7O2. The molecule has 1 N–H and O–H groups in total. The van der Waals surface area contributed by atoms with Gasteiger partial charge in [0.1, 0.15) is 18.7 Å². The highest BCUT2D eigenvalue weighted by Crippen LogP contribution is 2.31. The first-order valence-corrected chi connectivity index (χ1v) is 9.52. The Hall–Kier alpha value is -3.76. The zero-order valence-corrected chi connectivity index (χ0v) is 17.0. The monoisotopic (exact) mass is 427 g/mol. The van der Waals surface area contributed by atoms with Crippen molar-refractivity contribution in [2.75, 3.05) is 5.32 Å². The van der Waals surface area contributed by atoms with Crippen molar-refractivity contribution in [3.8, 4) is 0 Å². The summed E-state index contributed by atoms with van der Waals surface area (Å²) in [6.45, 7) is 4.12. The smallest absolute Gasteiger partial charge is 0.275 e. The molecule has 4 aromatic rings. The van der Waals surface area contributed by atoms with Crippen LogP contribution in [0.25, 0.3) is 16.4 Å². The first kappa shape index (κ1) is 20.5. The van der Waals surface area contributed by atoms with Crippen LogP contribution in [0.3, 0.4) is 0 Å². The number of hydrogen-bond donors (Lipinski definition) is 1. The Labute approximate surface area is 174 Å². The highest BCUT2D eigenvalue weighted by atomic mass is 19.3. The van der Waals surface area contributed by atoms with Crippen molar-refractivity contribution in [3.63, 3.8) is 0 Å². The topological polar surface area (TPSA) is 107 Å². The van der Waals surface area contributed by atoms with Crippen LogP contribution in [-0.4, -0.2) is 35.3 Å². The third-order valence-electron chi connectivity index (χ3n) is 4.78. The van der Waals surface area contributed by atoms with Gasteiger partial charge in [-0.1, -0.05) is 19.9 Å². The molecule has 0 saturated heterocycles. The SMILES string of the molecule is CC(C)c1nn(CC(=O)Nc2cn3cnnc3cn2)c(=O)c2ccc(C(C)(F)F)cc12. The number of benzene rings is 1. The lowest BCUT2D eigenvalue weighted by atomic mass is 9.99. The van der Waals surface area contributed by atoms with Gasteiger partial charge in [0.15, 0.2) is 5.65 Å². The zero-order valence-electron chi connectivity index (χ0n) is 17.0. The Bertz CT molecular complexity index is 1360. The number of halogens is 2. The van der Waals surface area contributed by atoms with E-state index in [4.69, 9.17) is 0 Å². The zero-order chi connectivity index (χ0) is 22.3. The Morgan fingerprint density at radius 3 is 2.74 bits per heavy atom. The number of rotatable bonds is 5. The summed E-state index contributed by atoms with van der Waals surface area (Å²) in [7, 11) is 0. The second kappa shape index (κ2) is 7.49. The summed E-state index contributed by atoms with van der Waals surface area (Å²) in [5, 5.41) is 15.0. The van der Waals surface area contributed by atoms with Gasteiger partial charge in [0.25, 0.3) is 11.5 Å². The van der Waals surface area contributed by atoms with E-state index in [1.807, 2.05) is 13.8 Å². The summed E-state index contributed by atoms with van der Waals surface area (Å²) in [6, 6.07) is 3.87. The average molecular weight is 427 g/mol. The van der Waals surface area contributed by atoms with Crippen molar-refractivity contribution < 1.29 is 13.6 Å². The van der Waals surface area contributed by atoms with E-state index in [9.17, 15) is 18.4 Å². The van der Waals surface area contributed by atoms with Crippen molar-refractivity contribution in [1.82, 2.24) is 29.4 Å². The van der Waals surface area contributed by atoms with Gasteiger partial charge in [-0.05, 0) is 18.1 Å². The van der Waals surface area contributed by atoms with Gasteiger partial charge in [0.2, 0.25) is 5.91 Å². The van der Waals surface area contributed by atoms with Crippen LogP contribution in [0.1, 0.15) is 37.9 Å². The molecule has 0 bridgehead atoms. The van der Waals surface area contributed by atoms with E-state index >= 15 is 0 Å². The molecule has 3 heterocycles. The fourth-order valence-corrected chi connectivity index (χ4v) is 3.24. The predicted octanol–water partition coefficient (Wildman–Crippen LogP) is 2.71. The molecule has 0 fully saturated rings. The number of carbonyl (C=O) groups excluding carboxylic acids is 1. The van der Waals surface area contributed by atoms with Crippen LogP contribution in [0.4, 0.5) is 14.6 Å². The summed E-state index contributed by atoms with van der Waals surface area (Å²) < 4.78 is 30.2. The van der Waals surface area contributed by atoms with Crippen molar-refractivity contribution in [1.29, 1.82) is 0 Å². The lowest BCUT2D eigenvalue weighted by molar-refractivity contribution is -0.117. The number of amides is 1. The van der Waals surface area contributed by atoms with Crippen molar-refractivity contribution in [3.05, 3.63) is 58.5 Å². The lowest BCUT2D eigenvalue weighted by Crippen LogP contribution is -2.31. The Kier molecular flexibility index (Phi) is 4.96. The van der Waals surface area contributed by atoms with Gasteiger partial charge in [-0.2, -0.15) is 5.10 Å². The molecule has 31 heavy (non-hydrogen) atoms. The molecule has 0 spiro atoms. The number of carbonyl (C=O) groups is 1. The Morgan fingerprint density at radius 1 is 1.26 bits per heavy atom. The van der Waals surface area contributed by atoms with E-state index in [-0.39, 0.29) is 29.2 Å². The van der Waals surface area contributed by atoms with E-state index in [1.54, 1.807) is 4.40 Å². The summed E-state index contributed by atoms with van der Waals surface area (Å²) in [4.78, 5) is 29.5. The molecule has 11 heteroatoms. The third-order valence-corrected chi connectivity index (χ3v) is 4.78. The number of alkyl halides is 2. The third kappa shape index (κ3) is 3.98. The van der Waals surface area contributed by atoms with E-state index in [1.165, 1.54) is 36.9 Å². The van der Waals surface area contributed by atoms with Gasteiger partial charge in [0.05, 0.1) is 23.5 Å². The van der Waals surface area contributed by atoms with E-state index < -0.39 is 17.4 Å². The summed E-state index contributed by atoms with van der Waals surface area (Å²) in [5.74, 6) is -3.46. The minimum absolute atomic E-state index is 0.157. The van der Waals surface area contributed by atoms with Crippen LogP contribution in [-0.2, 0) is 17.3 Å². The number of fused-ring (bicyclic) bond motifs is 2. The molecule has 4 rings (SSSR count). The van der Waals surface area contributed by atoms with Gasteiger partial charge in [-0.25, -0.2) is 18.4 Å². The molecule has 1 aromatic carbocycles. The number of nitrogens with one attached hydrogen (secondary N) is 1. The molecule has 0 atom stereocenters. The molecular weight excluding hydrogens is 408 g/mol. The standard InChI is InChI=1S/C20H19F2N7O2/c1-11(2)18-14-6-12(20(3,21)22)4-5-13(14)19(31)29(27-18)9-17(30)25-15-8-28-10-24-26-16(28)7-23-15/h4-8,10-11H,9H2,1-3H3,(H,25,30). The molecule has 0 unspecified atom stereocenters. The summed E-state index contributed by atoms with van der Waals surface area (Å²) in [6.07, 6.45) is 4.45. The van der Waals surface area contributed by atoms with Gasteiger partial charge in [-0.15, -0.1) is 10.2 Å². The Balaban J connectivity index is 1.68. The van der Waals surface area contributed by atoms with Crippen LogP contribution in [0.15, 0.2) is 41.7 Å². The minimum atomic E-state index is -3.05. The molecule has 0 aliphatic carbocycles. The van der Waals surface area contributed by atoms with Crippen molar-refractivity contribution in [2.45, 2.75) is 39.2 Å². The van der Waals surface area contributed by atoms with E-state index in [0.717, 1.165) is 11.6 Å². The molecule has 9 nitrogen and oxygen atoms in total. The fraction of sp³-hybridized carbons (Fsp3) is 0.300. The molecule has 0 saturated carbocycles. The first-order chi connectivity index (χ1) is 14.6. The average Bonchev–Trinajstić information content (AvgIpc) is 3.16. The second-order valence-corrected chi connectivity index (χ2v) is 7.57. The normalized spacial score (nSPS) is 12.1. The molecule has 160 valence electrons. The van der Waals surface area contributed by atoms with E-state index in [2.05, 4.69) is 25.6 Å². The second-order valence-electron chi connectivity index (χ2n) is 7.57. The van der Waals surface area contributed by atoms with Gasteiger partial charge in [0, 0.05) is 17.9 Å². The lowest BCUT2D eigenvalue weighted by Gasteiger charge is -2.16. The maximum Gasteiger partial charge on any atom is 0.275 e. The maximum absolute atomic E-state index is 13.8. The van der Waals surface area contributed by atoms with Gasteiger partial charge in [-0.3, -0.25) is 14.0 Å². The maximum atomic E-state index is 13.8. The molecule has 0 aliphatic rings. The van der Waals surface area contributed by atoms with Gasteiger partial charge < -0.3 is 5.32 Å². The number of hydrogen-bond acceptors (Lipinski definition) is 6. The minimum Gasteiger partial charge on any atom is -0.308 e. The quantitative estimate of drug-likeness (QED) is 0.525. The molecule has 0 radical (unpaired) electrons. The molecule has 0 aliphatic heterocycles. The summed E-state index contributed by atoms with van der Waals surface area (Å²) >= 11 is 0. The number of anilines is 1. The first-order valence-electron chi connectivity index (χ1n) is 9.52. The predicted molar refractivity (Wildman–Crippen MR) is 109 cm³/mol. The largest absolute Gasteiger partial charge is 0.308 e. The van der Waals surface area contributed by atoms with Crippen LogP contribution in [0.2, 0.25) is 0 Å². The van der Waals surface area contributed by atoms with E-state index in [0.29, 0.717) is 16.7 Å².